The normalized spacial score (nSPS) is 16.6. The second-order valence-corrected chi connectivity index (χ2v) is 7.47. The lowest BCUT2D eigenvalue weighted by Crippen LogP contribution is -2.53. The molecular weight excluding hydrogens is 427 g/mol. The summed E-state index contributed by atoms with van der Waals surface area (Å²) in [5.74, 6) is -1.18. The van der Waals surface area contributed by atoms with E-state index in [0.29, 0.717) is 25.3 Å². The summed E-state index contributed by atoms with van der Waals surface area (Å²) in [6.45, 7) is 4.24. The highest BCUT2D eigenvalue weighted by molar-refractivity contribution is 5.97. The Balaban J connectivity index is 1.71. The molecule has 0 saturated carbocycles. The van der Waals surface area contributed by atoms with Crippen LogP contribution >= 0.6 is 0 Å². The van der Waals surface area contributed by atoms with E-state index in [1.807, 2.05) is 24.0 Å². The van der Waals surface area contributed by atoms with Gasteiger partial charge in [-0.25, -0.2) is 4.98 Å². The number of piperazine rings is 1. The lowest BCUT2D eigenvalue weighted by Gasteiger charge is -2.41. The van der Waals surface area contributed by atoms with Gasteiger partial charge in [-0.2, -0.15) is 18.2 Å². The van der Waals surface area contributed by atoms with E-state index in [9.17, 15) is 22.8 Å². The Morgan fingerprint density at radius 3 is 2.47 bits per heavy atom. The van der Waals surface area contributed by atoms with Crippen LogP contribution in [0.3, 0.4) is 0 Å². The van der Waals surface area contributed by atoms with Crippen LogP contribution in [-0.4, -0.2) is 65.1 Å². The predicted octanol–water partition coefficient (Wildman–Crippen LogP) is 2.35. The summed E-state index contributed by atoms with van der Waals surface area (Å²) in [4.78, 5) is 35.0. The Morgan fingerprint density at radius 1 is 1.22 bits per heavy atom. The van der Waals surface area contributed by atoms with Crippen molar-refractivity contribution in [1.29, 1.82) is 0 Å². The van der Waals surface area contributed by atoms with Crippen LogP contribution in [0.5, 0.6) is 0 Å². The van der Waals surface area contributed by atoms with Crippen molar-refractivity contribution in [2.45, 2.75) is 26.1 Å². The molecule has 0 radical (unpaired) electrons. The first-order chi connectivity index (χ1) is 15.0. The number of benzene rings is 1. The van der Waals surface area contributed by atoms with Gasteiger partial charge in [0.2, 0.25) is 11.9 Å². The molecule has 1 aromatic carbocycles. The molecule has 9 nitrogen and oxygen atoms in total. The fourth-order valence-electron chi connectivity index (χ4n) is 3.43. The number of carbonyl (C=O) groups is 2. The second kappa shape index (κ2) is 9.28. The van der Waals surface area contributed by atoms with E-state index in [0.717, 1.165) is 11.9 Å². The van der Waals surface area contributed by atoms with Crippen LogP contribution in [0.1, 0.15) is 24.2 Å². The highest BCUT2D eigenvalue weighted by Gasteiger charge is 2.28. The molecule has 0 bridgehead atoms. The Hall–Kier alpha value is -3.57. The minimum Gasteiger partial charge on any atom is -0.365 e. The van der Waals surface area contributed by atoms with E-state index >= 15 is 0 Å². The average molecular weight is 451 g/mol. The number of carbonyl (C=O) groups excluding carboxylic acids is 2. The largest absolute Gasteiger partial charge is 0.405 e. The van der Waals surface area contributed by atoms with Gasteiger partial charge in [-0.15, -0.1) is 0 Å². The minimum atomic E-state index is -4.49. The van der Waals surface area contributed by atoms with E-state index < -0.39 is 18.6 Å². The van der Waals surface area contributed by atoms with Gasteiger partial charge in [0.05, 0.1) is 5.56 Å². The third kappa shape index (κ3) is 5.77. The average Bonchev–Trinajstić information content (AvgIpc) is 2.72. The van der Waals surface area contributed by atoms with E-state index in [1.165, 1.54) is 0 Å². The zero-order valence-corrected chi connectivity index (χ0v) is 17.6. The molecule has 4 N–H and O–H groups in total. The van der Waals surface area contributed by atoms with E-state index in [1.54, 1.807) is 19.1 Å². The number of nitrogens with one attached hydrogen (secondary N) is 2. The van der Waals surface area contributed by atoms with Crippen molar-refractivity contribution in [1.82, 2.24) is 14.9 Å². The number of hydrogen-bond donors (Lipinski definition) is 3. The maximum absolute atomic E-state index is 12.5. The molecule has 172 valence electrons. The van der Waals surface area contributed by atoms with Gasteiger partial charge in [-0.3, -0.25) is 9.59 Å². The molecule has 2 aromatic rings. The monoisotopic (exact) mass is 451 g/mol. The number of alkyl halides is 3. The zero-order chi connectivity index (χ0) is 23.5. The van der Waals surface area contributed by atoms with Crippen LogP contribution < -0.4 is 21.3 Å². The molecule has 1 saturated heterocycles. The highest BCUT2D eigenvalue weighted by atomic mass is 19.4. The predicted molar refractivity (Wildman–Crippen MR) is 114 cm³/mol. The second-order valence-electron chi connectivity index (χ2n) is 7.47. The van der Waals surface area contributed by atoms with Crippen LogP contribution in [0.25, 0.3) is 0 Å². The third-order valence-electron chi connectivity index (χ3n) is 5.04. The number of hydrogen-bond acceptors (Lipinski definition) is 7. The molecule has 3 rings (SSSR count). The Morgan fingerprint density at radius 2 is 1.91 bits per heavy atom. The van der Waals surface area contributed by atoms with Crippen molar-refractivity contribution in [2.75, 3.05) is 41.7 Å². The molecule has 32 heavy (non-hydrogen) atoms. The first-order valence-electron chi connectivity index (χ1n) is 9.90. The van der Waals surface area contributed by atoms with Crippen molar-refractivity contribution in [3.63, 3.8) is 0 Å². The quantitative estimate of drug-likeness (QED) is 0.617. The summed E-state index contributed by atoms with van der Waals surface area (Å²) < 4.78 is 37.6. The van der Waals surface area contributed by atoms with Gasteiger partial charge in [-0.05, 0) is 31.2 Å². The van der Waals surface area contributed by atoms with Crippen LogP contribution in [0, 0.1) is 0 Å². The number of primary amides is 1. The Kier molecular flexibility index (Phi) is 6.70. The molecule has 1 aliphatic heterocycles. The van der Waals surface area contributed by atoms with Crippen molar-refractivity contribution in [3.8, 4) is 0 Å². The standard InChI is InChI=1S/C20H24F3N7O2/c1-12-10-29(13(2)31)7-8-30(12)15-5-3-14(4-6-15)27-19-25-9-16(17(24)32)18(28-19)26-11-20(21,22)23/h3-6,9,12H,7-8,10-11H2,1-2H3,(H2,24,32)(H2,25,26,27,28). The van der Waals surface area contributed by atoms with Crippen molar-refractivity contribution < 1.29 is 22.8 Å². The summed E-state index contributed by atoms with van der Waals surface area (Å²) >= 11 is 0. The maximum Gasteiger partial charge on any atom is 0.405 e. The van der Waals surface area contributed by atoms with Gasteiger partial charge in [0, 0.05) is 50.2 Å². The molecule has 1 unspecified atom stereocenters. The molecule has 1 aromatic heterocycles. The SMILES string of the molecule is CC(=O)N1CCN(c2ccc(Nc3ncc(C(N)=O)c(NCC(F)(F)F)n3)cc2)C(C)C1. The first kappa shape index (κ1) is 23.1. The van der Waals surface area contributed by atoms with Gasteiger partial charge >= 0.3 is 6.18 Å². The fourth-order valence-corrected chi connectivity index (χ4v) is 3.43. The summed E-state index contributed by atoms with van der Waals surface area (Å²) in [6, 6.07) is 7.51. The highest BCUT2D eigenvalue weighted by Crippen LogP contribution is 2.25. The topological polar surface area (TPSA) is 116 Å². The number of nitrogens with two attached hydrogens (primary N) is 1. The van der Waals surface area contributed by atoms with Crippen LogP contribution in [0.4, 0.5) is 36.3 Å². The number of halogens is 3. The third-order valence-corrected chi connectivity index (χ3v) is 5.04. The number of aromatic nitrogens is 2. The first-order valence-corrected chi connectivity index (χ1v) is 9.90. The van der Waals surface area contributed by atoms with E-state index in [-0.39, 0.29) is 29.3 Å². The number of anilines is 4. The van der Waals surface area contributed by atoms with Gasteiger partial charge in [-0.1, -0.05) is 0 Å². The Bertz CT molecular complexity index is 982. The zero-order valence-electron chi connectivity index (χ0n) is 17.6. The van der Waals surface area contributed by atoms with Gasteiger partial charge in [0.1, 0.15) is 12.4 Å². The molecular formula is C20H24F3N7O2. The molecule has 1 fully saturated rings. The molecule has 0 aliphatic carbocycles. The smallest absolute Gasteiger partial charge is 0.365 e. The van der Waals surface area contributed by atoms with E-state index in [2.05, 4.69) is 25.5 Å². The lowest BCUT2D eigenvalue weighted by atomic mass is 10.1. The number of rotatable bonds is 6. The van der Waals surface area contributed by atoms with Crippen LogP contribution in [0.15, 0.2) is 30.5 Å². The summed E-state index contributed by atoms with van der Waals surface area (Å²) in [7, 11) is 0. The minimum absolute atomic E-state index is 0.0101. The van der Waals surface area contributed by atoms with Gasteiger partial charge < -0.3 is 26.2 Å². The molecule has 0 spiro atoms. The number of amides is 2. The maximum atomic E-state index is 12.5. The molecule has 1 aliphatic rings. The van der Waals surface area contributed by atoms with E-state index in [4.69, 9.17) is 5.73 Å². The van der Waals surface area contributed by atoms with Crippen LogP contribution in [-0.2, 0) is 4.79 Å². The molecule has 2 amide bonds. The number of nitrogens with zero attached hydrogens (tertiary/aromatic N) is 4. The molecule has 12 heteroatoms. The summed E-state index contributed by atoms with van der Waals surface area (Å²) in [5, 5.41) is 4.98. The Labute approximate surface area is 182 Å². The van der Waals surface area contributed by atoms with Crippen molar-refractivity contribution in [3.05, 3.63) is 36.0 Å². The van der Waals surface area contributed by atoms with Crippen molar-refractivity contribution in [2.24, 2.45) is 5.73 Å². The molecule has 2 heterocycles. The van der Waals surface area contributed by atoms with Gasteiger partial charge in [0.25, 0.3) is 5.91 Å². The fraction of sp³-hybridized carbons (Fsp3) is 0.400. The molecule has 1 atom stereocenters. The summed E-state index contributed by atoms with van der Waals surface area (Å²) in [6.07, 6.45) is -3.42. The van der Waals surface area contributed by atoms with Crippen molar-refractivity contribution >= 4 is 35.0 Å². The van der Waals surface area contributed by atoms with Crippen LogP contribution in [0.2, 0.25) is 0 Å². The van der Waals surface area contributed by atoms with Gasteiger partial charge in [0.15, 0.2) is 0 Å². The lowest BCUT2D eigenvalue weighted by molar-refractivity contribution is -0.129. The summed E-state index contributed by atoms with van der Waals surface area (Å²) in [5.41, 5.74) is 6.54.